The number of ether oxygens (including phenoxy) is 1. The van der Waals surface area contributed by atoms with Crippen LogP contribution in [0.15, 0.2) is 48.5 Å². The van der Waals surface area contributed by atoms with Crippen molar-refractivity contribution in [3.63, 3.8) is 0 Å². The van der Waals surface area contributed by atoms with Gasteiger partial charge in [0.2, 0.25) is 0 Å². The summed E-state index contributed by atoms with van der Waals surface area (Å²) in [5.74, 6) is 0.208. The molecule has 0 amide bonds. The highest BCUT2D eigenvalue weighted by Crippen LogP contribution is 2.18. The SMILES string of the molecule is O=C(COc1ccccc1CCO)Cc1ccc(F)cc1. The molecule has 0 heterocycles. The van der Waals surface area contributed by atoms with Crippen LogP contribution in [0.3, 0.4) is 0 Å². The van der Waals surface area contributed by atoms with Crippen LogP contribution >= 0.6 is 0 Å². The Labute approximate surface area is 123 Å². The summed E-state index contributed by atoms with van der Waals surface area (Å²) < 4.78 is 18.3. The lowest BCUT2D eigenvalue weighted by Crippen LogP contribution is -2.14. The molecule has 0 aliphatic rings. The van der Waals surface area contributed by atoms with E-state index < -0.39 is 0 Å². The molecule has 0 radical (unpaired) electrons. The average molecular weight is 288 g/mol. The van der Waals surface area contributed by atoms with E-state index in [0.29, 0.717) is 12.2 Å². The van der Waals surface area contributed by atoms with Gasteiger partial charge in [-0.3, -0.25) is 4.79 Å². The Kier molecular flexibility index (Phi) is 5.46. The largest absolute Gasteiger partial charge is 0.486 e. The number of ketones is 1. The van der Waals surface area contributed by atoms with Gasteiger partial charge in [0, 0.05) is 13.0 Å². The van der Waals surface area contributed by atoms with Crippen molar-refractivity contribution < 1.29 is 19.0 Å². The molecule has 0 aliphatic carbocycles. The van der Waals surface area contributed by atoms with Crippen LogP contribution in [-0.2, 0) is 17.6 Å². The van der Waals surface area contributed by atoms with E-state index in [2.05, 4.69) is 0 Å². The first-order valence-corrected chi connectivity index (χ1v) is 6.77. The molecule has 110 valence electrons. The molecule has 1 N–H and O–H groups in total. The van der Waals surface area contributed by atoms with E-state index in [1.165, 1.54) is 12.1 Å². The molecular weight excluding hydrogens is 271 g/mol. The summed E-state index contributed by atoms with van der Waals surface area (Å²) in [5.41, 5.74) is 1.63. The molecule has 0 saturated heterocycles. The smallest absolute Gasteiger partial charge is 0.174 e. The fourth-order valence-electron chi connectivity index (χ4n) is 2.01. The van der Waals surface area contributed by atoms with Crippen molar-refractivity contribution in [2.24, 2.45) is 0 Å². The van der Waals surface area contributed by atoms with Gasteiger partial charge in [0.05, 0.1) is 0 Å². The van der Waals surface area contributed by atoms with Crippen LogP contribution in [0.25, 0.3) is 0 Å². The average Bonchev–Trinajstić information content (AvgIpc) is 2.49. The predicted molar refractivity (Wildman–Crippen MR) is 77.8 cm³/mol. The number of carbonyl (C=O) groups is 1. The molecular formula is C17H17FO3. The highest BCUT2D eigenvalue weighted by Gasteiger charge is 2.07. The minimum atomic E-state index is -0.319. The maximum Gasteiger partial charge on any atom is 0.174 e. The standard InChI is InChI=1S/C17H17FO3/c18-15-7-5-13(6-8-15)11-16(20)12-21-17-4-2-1-3-14(17)9-10-19/h1-8,19H,9-12H2. The summed E-state index contributed by atoms with van der Waals surface area (Å²) in [6, 6.07) is 13.2. The molecule has 0 fully saturated rings. The van der Waals surface area contributed by atoms with E-state index in [-0.39, 0.29) is 31.2 Å². The summed E-state index contributed by atoms with van der Waals surface area (Å²) in [5, 5.41) is 8.99. The van der Waals surface area contributed by atoms with Gasteiger partial charge >= 0.3 is 0 Å². The quantitative estimate of drug-likeness (QED) is 0.851. The number of rotatable bonds is 7. The molecule has 2 aromatic carbocycles. The number of carbonyl (C=O) groups excluding carboxylic acids is 1. The number of halogens is 1. The van der Waals surface area contributed by atoms with E-state index in [1.807, 2.05) is 18.2 Å². The third-order valence-corrected chi connectivity index (χ3v) is 3.06. The number of aliphatic hydroxyl groups is 1. The number of aliphatic hydroxyl groups excluding tert-OH is 1. The molecule has 2 rings (SSSR count). The minimum Gasteiger partial charge on any atom is -0.486 e. The number of para-hydroxylation sites is 1. The Morgan fingerprint density at radius 1 is 1.10 bits per heavy atom. The highest BCUT2D eigenvalue weighted by atomic mass is 19.1. The van der Waals surface area contributed by atoms with Gasteiger partial charge in [0.15, 0.2) is 5.78 Å². The lowest BCUT2D eigenvalue weighted by molar-refractivity contribution is -0.120. The minimum absolute atomic E-state index is 0.0316. The molecule has 0 atom stereocenters. The van der Waals surface area contributed by atoms with Crippen molar-refractivity contribution in [2.75, 3.05) is 13.2 Å². The van der Waals surface area contributed by atoms with Crippen molar-refractivity contribution in [1.82, 2.24) is 0 Å². The lowest BCUT2D eigenvalue weighted by Gasteiger charge is -2.10. The van der Waals surface area contributed by atoms with Crippen molar-refractivity contribution in [3.05, 3.63) is 65.5 Å². The van der Waals surface area contributed by atoms with Gasteiger partial charge < -0.3 is 9.84 Å². The van der Waals surface area contributed by atoms with E-state index in [4.69, 9.17) is 9.84 Å². The van der Waals surface area contributed by atoms with Crippen LogP contribution in [0.4, 0.5) is 4.39 Å². The van der Waals surface area contributed by atoms with Gasteiger partial charge in [0.25, 0.3) is 0 Å². The fraction of sp³-hybridized carbons (Fsp3) is 0.235. The first-order valence-electron chi connectivity index (χ1n) is 6.77. The number of hydrogen-bond donors (Lipinski definition) is 1. The fourth-order valence-corrected chi connectivity index (χ4v) is 2.01. The second-order valence-corrected chi connectivity index (χ2v) is 4.71. The van der Waals surface area contributed by atoms with E-state index in [9.17, 15) is 9.18 Å². The molecule has 4 heteroatoms. The monoisotopic (exact) mass is 288 g/mol. The van der Waals surface area contributed by atoms with Crippen molar-refractivity contribution in [2.45, 2.75) is 12.8 Å². The molecule has 3 nitrogen and oxygen atoms in total. The maximum absolute atomic E-state index is 12.8. The van der Waals surface area contributed by atoms with Gasteiger partial charge in [-0.2, -0.15) is 0 Å². The van der Waals surface area contributed by atoms with Crippen LogP contribution in [-0.4, -0.2) is 24.1 Å². The third-order valence-electron chi connectivity index (χ3n) is 3.06. The Bertz CT molecular complexity index is 593. The topological polar surface area (TPSA) is 46.5 Å². The third kappa shape index (κ3) is 4.68. The van der Waals surface area contributed by atoms with Crippen LogP contribution < -0.4 is 4.74 Å². The van der Waals surface area contributed by atoms with E-state index >= 15 is 0 Å². The highest BCUT2D eigenvalue weighted by molar-refractivity contribution is 5.82. The zero-order valence-electron chi connectivity index (χ0n) is 11.6. The van der Waals surface area contributed by atoms with Crippen LogP contribution in [0.5, 0.6) is 5.75 Å². The van der Waals surface area contributed by atoms with Gasteiger partial charge in [0.1, 0.15) is 18.2 Å². The van der Waals surface area contributed by atoms with Crippen LogP contribution in [0, 0.1) is 5.82 Å². The van der Waals surface area contributed by atoms with Crippen LogP contribution in [0.1, 0.15) is 11.1 Å². The van der Waals surface area contributed by atoms with Crippen molar-refractivity contribution in [3.8, 4) is 5.75 Å². The second kappa shape index (κ2) is 7.55. The summed E-state index contributed by atoms with van der Waals surface area (Å²) in [6.45, 7) is -0.0102. The number of hydrogen-bond acceptors (Lipinski definition) is 3. The summed E-state index contributed by atoms with van der Waals surface area (Å²) in [7, 11) is 0. The molecule has 0 bridgehead atoms. The number of Topliss-reactive ketones (excluding diaryl/α,β-unsaturated/α-hetero) is 1. The van der Waals surface area contributed by atoms with Crippen molar-refractivity contribution in [1.29, 1.82) is 0 Å². The molecule has 21 heavy (non-hydrogen) atoms. The normalized spacial score (nSPS) is 10.4. The Morgan fingerprint density at radius 3 is 2.52 bits per heavy atom. The summed E-state index contributed by atoms with van der Waals surface area (Å²) >= 11 is 0. The predicted octanol–water partition coefficient (Wildman–Crippen LogP) is 2.55. The number of benzene rings is 2. The molecule has 0 saturated carbocycles. The zero-order valence-corrected chi connectivity index (χ0v) is 11.6. The molecule has 0 aliphatic heterocycles. The first kappa shape index (κ1) is 15.2. The van der Waals surface area contributed by atoms with Gasteiger partial charge in [-0.15, -0.1) is 0 Å². The molecule has 0 aromatic heterocycles. The van der Waals surface area contributed by atoms with Crippen molar-refractivity contribution >= 4 is 5.78 Å². The Balaban J connectivity index is 1.90. The Hall–Kier alpha value is -2.20. The van der Waals surface area contributed by atoms with Gasteiger partial charge in [-0.1, -0.05) is 30.3 Å². The maximum atomic E-state index is 12.8. The van der Waals surface area contributed by atoms with Gasteiger partial charge in [-0.25, -0.2) is 4.39 Å². The first-order chi connectivity index (χ1) is 10.2. The second-order valence-electron chi connectivity index (χ2n) is 4.71. The molecule has 2 aromatic rings. The lowest BCUT2D eigenvalue weighted by atomic mass is 10.1. The Morgan fingerprint density at radius 2 is 1.81 bits per heavy atom. The molecule has 0 spiro atoms. The van der Waals surface area contributed by atoms with E-state index in [0.717, 1.165) is 11.1 Å². The van der Waals surface area contributed by atoms with E-state index in [1.54, 1.807) is 18.2 Å². The molecule has 0 unspecified atom stereocenters. The summed E-state index contributed by atoms with van der Waals surface area (Å²) in [6.07, 6.45) is 0.699. The zero-order chi connectivity index (χ0) is 15.1. The van der Waals surface area contributed by atoms with Gasteiger partial charge in [-0.05, 0) is 35.7 Å². The van der Waals surface area contributed by atoms with Crippen LogP contribution in [0.2, 0.25) is 0 Å². The summed E-state index contributed by atoms with van der Waals surface area (Å²) in [4.78, 5) is 11.9.